The Bertz CT molecular complexity index is 1470. The Kier molecular flexibility index (Phi) is 5.99. The van der Waals surface area contributed by atoms with E-state index in [-0.39, 0.29) is 29.9 Å². The van der Waals surface area contributed by atoms with Gasteiger partial charge in [0.15, 0.2) is 11.5 Å². The molecule has 0 saturated carbocycles. The number of amides is 2. The average Bonchev–Trinajstić information content (AvgIpc) is 3.39. The fraction of sp³-hybridized carbons (Fsp3) is 0.200. The van der Waals surface area contributed by atoms with Gasteiger partial charge in [-0.1, -0.05) is 11.6 Å². The topological polar surface area (TPSA) is 114 Å². The Morgan fingerprint density at radius 2 is 1.78 bits per heavy atom. The average molecular weight is 505 g/mol. The highest BCUT2D eigenvalue weighted by Gasteiger charge is 2.33. The van der Waals surface area contributed by atoms with Crippen LogP contribution in [0, 0.1) is 6.92 Å². The zero-order chi connectivity index (χ0) is 25.6. The predicted octanol–water partition coefficient (Wildman–Crippen LogP) is 3.26. The van der Waals surface area contributed by atoms with Crippen LogP contribution in [0.3, 0.4) is 0 Å². The fourth-order valence-corrected chi connectivity index (χ4v) is 4.41. The lowest BCUT2D eigenvalue weighted by Crippen LogP contribution is -2.36. The summed E-state index contributed by atoms with van der Waals surface area (Å²) in [7, 11) is 3.97. The number of nitrogens with two attached hydrogens (primary N) is 1. The Morgan fingerprint density at radius 1 is 1.08 bits per heavy atom. The monoisotopic (exact) mass is 504 g/mol. The molecular weight excluding hydrogens is 480 g/mol. The van der Waals surface area contributed by atoms with E-state index in [2.05, 4.69) is 15.3 Å². The summed E-state index contributed by atoms with van der Waals surface area (Å²) in [5.41, 5.74) is 8.74. The fourth-order valence-electron chi connectivity index (χ4n) is 4.29. The van der Waals surface area contributed by atoms with Crippen LogP contribution in [0.15, 0.2) is 54.9 Å². The number of rotatable bonds is 5. The second-order valence-corrected chi connectivity index (χ2v) is 9.21. The van der Waals surface area contributed by atoms with Crippen molar-refractivity contribution in [2.75, 3.05) is 36.6 Å². The lowest BCUT2D eigenvalue weighted by molar-refractivity contribution is -0.114. The van der Waals surface area contributed by atoms with Crippen LogP contribution in [-0.4, -0.2) is 56.5 Å². The molecule has 0 fully saturated rings. The van der Waals surface area contributed by atoms with Crippen LogP contribution in [0.1, 0.15) is 22.1 Å². The van der Waals surface area contributed by atoms with Gasteiger partial charge in [-0.25, -0.2) is 9.97 Å². The third-order valence-corrected chi connectivity index (χ3v) is 6.25. The van der Waals surface area contributed by atoms with E-state index in [4.69, 9.17) is 17.3 Å². The number of nitrogens with zero attached hydrogens (tertiary/aromatic N) is 6. The third-order valence-electron chi connectivity index (χ3n) is 5.90. The number of aromatic nitrogens is 4. The number of halogens is 1. The molecule has 11 heteroatoms. The number of nitrogen functional groups attached to an aromatic ring is 1. The maximum Gasteiger partial charge on any atom is 0.279 e. The van der Waals surface area contributed by atoms with Crippen molar-refractivity contribution in [3.63, 3.8) is 0 Å². The molecule has 10 nitrogen and oxygen atoms in total. The molecule has 184 valence electrons. The van der Waals surface area contributed by atoms with Crippen molar-refractivity contribution in [3.8, 4) is 11.4 Å². The van der Waals surface area contributed by atoms with E-state index in [1.807, 2.05) is 54.0 Å². The minimum absolute atomic E-state index is 0.146. The molecule has 0 spiro atoms. The van der Waals surface area contributed by atoms with Gasteiger partial charge in [0.05, 0.1) is 17.3 Å². The van der Waals surface area contributed by atoms with Crippen molar-refractivity contribution in [3.05, 3.63) is 77.2 Å². The quantitative estimate of drug-likeness (QED) is 0.403. The standard InChI is InChI=1S/C25H25ClN8O2/c1-15-29-24-23(34(15)18-8-9-19(26)20(27)12-18)25(36)33(14-22(35)30-24)17-6-4-16(5-7-17)32-11-10-28-21(32)13-31(2)3/h4-12H,13-14,27H2,1-3H3,(H,30,35). The molecule has 2 amide bonds. The van der Waals surface area contributed by atoms with Crippen LogP contribution in [0.4, 0.5) is 17.2 Å². The Balaban J connectivity index is 1.53. The molecule has 2 aromatic heterocycles. The number of benzene rings is 2. The van der Waals surface area contributed by atoms with Gasteiger partial charge in [0.25, 0.3) is 5.91 Å². The first-order valence-electron chi connectivity index (χ1n) is 11.3. The molecule has 4 aromatic rings. The van der Waals surface area contributed by atoms with Crippen LogP contribution in [-0.2, 0) is 11.3 Å². The molecule has 0 aliphatic carbocycles. The van der Waals surface area contributed by atoms with E-state index in [0.29, 0.717) is 34.5 Å². The van der Waals surface area contributed by atoms with Gasteiger partial charge in [0.1, 0.15) is 18.2 Å². The number of aryl methyl sites for hydroxylation is 1. The maximum absolute atomic E-state index is 13.8. The molecule has 5 rings (SSSR count). The molecule has 0 radical (unpaired) electrons. The van der Waals surface area contributed by atoms with E-state index >= 15 is 0 Å². The molecule has 0 atom stereocenters. The van der Waals surface area contributed by atoms with Crippen molar-refractivity contribution in [2.45, 2.75) is 13.5 Å². The lowest BCUT2D eigenvalue weighted by atomic mass is 10.2. The summed E-state index contributed by atoms with van der Waals surface area (Å²) in [4.78, 5) is 38.9. The second-order valence-electron chi connectivity index (χ2n) is 8.80. The Hall–Kier alpha value is -4.15. The highest BCUT2D eigenvalue weighted by molar-refractivity contribution is 6.33. The molecule has 3 heterocycles. The van der Waals surface area contributed by atoms with Crippen LogP contribution < -0.4 is 16.0 Å². The van der Waals surface area contributed by atoms with Gasteiger partial charge < -0.3 is 20.5 Å². The van der Waals surface area contributed by atoms with Crippen molar-refractivity contribution in [1.29, 1.82) is 0 Å². The van der Waals surface area contributed by atoms with Gasteiger partial charge in [0, 0.05) is 29.5 Å². The predicted molar refractivity (Wildman–Crippen MR) is 139 cm³/mol. The molecule has 1 aliphatic rings. The summed E-state index contributed by atoms with van der Waals surface area (Å²) in [6.07, 6.45) is 3.65. The molecule has 0 unspecified atom stereocenters. The molecule has 1 aliphatic heterocycles. The first kappa shape index (κ1) is 23.6. The number of fused-ring (bicyclic) bond motifs is 1. The van der Waals surface area contributed by atoms with Crippen molar-refractivity contribution in [2.24, 2.45) is 0 Å². The summed E-state index contributed by atoms with van der Waals surface area (Å²) in [5, 5.41) is 3.17. The minimum atomic E-state index is -0.360. The lowest BCUT2D eigenvalue weighted by Gasteiger charge is -2.21. The van der Waals surface area contributed by atoms with Crippen molar-refractivity contribution < 1.29 is 9.59 Å². The minimum Gasteiger partial charge on any atom is -0.397 e. The van der Waals surface area contributed by atoms with Crippen molar-refractivity contribution in [1.82, 2.24) is 24.0 Å². The van der Waals surface area contributed by atoms with Gasteiger partial charge >= 0.3 is 0 Å². The molecular formula is C25H25ClN8O2. The van der Waals surface area contributed by atoms with Gasteiger partial charge in [-0.3, -0.25) is 19.1 Å². The van der Waals surface area contributed by atoms with Gasteiger partial charge in [-0.2, -0.15) is 0 Å². The summed E-state index contributed by atoms with van der Waals surface area (Å²) in [6.45, 7) is 2.29. The molecule has 0 bridgehead atoms. The Labute approximate surface area is 212 Å². The first-order chi connectivity index (χ1) is 17.2. The first-order valence-corrected chi connectivity index (χ1v) is 11.6. The number of nitrogens with one attached hydrogen (secondary N) is 1. The Morgan fingerprint density at radius 3 is 2.47 bits per heavy atom. The van der Waals surface area contributed by atoms with Crippen molar-refractivity contribution >= 4 is 40.6 Å². The van der Waals surface area contributed by atoms with E-state index in [9.17, 15) is 9.59 Å². The summed E-state index contributed by atoms with van der Waals surface area (Å²) < 4.78 is 3.67. The van der Waals surface area contributed by atoms with Crippen LogP contribution >= 0.6 is 11.6 Å². The SMILES string of the molecule is Cc1nc2c(n1-c1ccc(Cl)c(N)c1)C(=O)N(c1ccc(-n3ccnc3CN(C)C)cc1)CC(=O)N2. The second kappa shape index (κ2) is 9.14. The normalized spacial score (nSPS) is 13.6. The van der Waals surface area contributed by atoms with Crippen LogP contribution in [0.2, 0.25) is 5.02 Å². The molecule has 36 heavy (non-hydrogen) atoms. The highest BCUT2D eigenvalue weighted by Crippen LogP contribution is 2.31. The number of imidazole rings is 2. The van der Waals surface area contributed by atoms with E-state index in [0.717, 1.165) is 11.5 Å². The smallest absolute Gasteiger partial charge is 0.279 e. The summed E-state index contributed by atoms with van der Waals surface area (Å²) in [6, 6.07) is 12.5. The number of hydrogen-bond donors (Lipinski definition) is 2. The highest BCUT2D eigenvalue weighted by atomic mass is 35.5. The van der Waals surface area contributed by atoms with Gasteiger partial charge in [-0.15, -0.1) is 0 Å². The van der Waals surface area contributed by atoms with E-state index < -0.39 is 0 Å². The number of anilines is 3. The number of hydrogen-bond acceptors (Lipinski definition) is 6. The zero-order valence-corrected chi connectivity index (χ0v) is 20.8. The van der Waals surface area contributed by atoms with Crippen LogP contribution in [0.5, 0.6) is 0 Å². The molecule has 2 aromatic carbocycles. The zero-order valence-electron chi connectivity index (χ0n) is 20.1. The van der Waals surface area contributed by atoms with E-state index in [1.54, 1.807) is 35.9 Å². The third kappa shape index (κ3) is 4.21. The number of carbonyl (C=O) groups is 2. The molecule has 3 N–H and O–H groups in total. The maximum atomic E-state index is 13.8. The largest absolute Gasteiger partial charge is 0.397 e. The summed E-state index contributed by atoms with van der Waals surface area (Å²) in [5.74, 6) is 0.933. The molecule has 0 saturated heterocycles. The van der Waals surface area contributed by atoms with Gasteiger partial charge in [0.2, 0.25) is 5.91 Å². The van der Waals surface area contributed by atoms with Crippen LogP contribution in [0.25, 0.3) is 11.4 Å². The van der Waals surface area contributed by atoms with E-state index in [1.165, 1.54) is 4.90 Å². The van der Waals surface area contributed by atoms with Gasteiger partial charge in [-0.05, 0) is 63.5 Å². The number of carbonyl (C=O) groups excluding carboxylic acids is 2. The summed E-state index contributed by atoms with van der Waals surface area (Å²) >= 11 is 6.10.